The summed E-state index contributed by atoms with van der Waals surface area (Å²) in [6, 6.07) is 0.198. The lowest BCUT2D eigenvalue weighted by Crippen LogP contribution is -2.30. The van der Waals surface area contributed by atoms with Crippen molar-refractivity contribution in [2.45, 2.75) is 13.0 Å². The van der Waals surface area contributed by atoms with Crippen LogP contribution < -0.4 is 5.32 Å². The molecule has 2 heterocycles. The van der Waals surface area contributed by atoms with Crippen LogP contribution in [0.15, 0.2) is 18.7 Å². The van der Waals surface area contributed by atoms with E-state index in [2.05, 4.69) is 37.1 Å². The SMILES string of the molecule is CC(CN(C)C)Nc1nc(Cl)nc(-n2ccnc2)n1. The molecule has 0 fully saturated rings. The molecule has 0 saturated heterocycles. The fourth-order valence-electron chi connectivity index (χ4n) is 1.71. The Morgan fingerprint density at radius 1 is 1.37 bits per heavy atom. The van der Waals surface area contributed by atoms with Gasteiger partial charge in [-0.25, -0.2) is 4.98 Å². The van der Waals surface area contributed by atoms with Gasteiger partial charge < -0.3 is 10.2 Å². The first kappa shape index (κ1) is 13.7. The Morgan fingerprint density at radius 3 is 2.79 bits per heavy atom. The number of hydrogen-bond acceptors (Lipinski definition) is 6. The second-order valence-corrected chi connectivity index (χ2v) is 4.84. The molecule has 1 atom stereocenters. The summed E-state index contributed by atoms with van der Waals surface area (Å²) in [5, 5.41) is 3.35. The van der Waals surface area contributed by atoms with E-state index in [4.69, 9.17) is 11.6 Å². The first-order valence-corrected chi connectivity index (χ1v) is 6.23. The van der Waals surface area contributed by atoms with Crippen molar-refractivity contribution in [2.24, 2.45) is 0 Å². The van der Waals surface area contributed by atoms with E-state index >= 15 is 0 Å². The number of imidazole rings is 1. The Hall–Kier alpha value is -1.73. The smallest absolute Gasteiger partial charge is 0.241 e. The largest absolute Gasteiger partial charge is 0.350 e. The van der Waals surface area contributed by atoms with E-state index in [1.54, 1.807) is 23.3 Å². The Balaban J connectivity index is 2.18. The van der Waals surface area contributed by atoms with Gasteiger partial charge in [-0.2, -0.15) is 15.0 Å². The van der Waals surface area contributed by atoms with Crippen molar-refractivity contribution in [3.05, 3.63) is 24.0 Å². The van der Waals surface area contributed by atoms with Crippen molar-refractivity contribution < 1.29 is 0 Å². The van der Waals surface area contributed by atoms with Crippen LogP contribution >= 0.6 is 11.6 Å². The first-order valence-electron chi connectivity index (χ1n) is 5.86. The van der Waals surface area contributed by atoms with E-state index in [1.807, 2.05) is 14.1 Å². The Bertz CT molecular complexity index is 526. The molecule has 2 aromatic rings. The summed E-state index contributed by atoms with van der Waals surface area (Å²) < 4.78 is 1.68. The van der Waals surface area contributed by atoms with E-state index in [1.165, 1.54) is 0 Å². The lowest BCUT2D eigenvalue weighted by Gasteiger charge is -2.18. The molecule has 0 aliphatic rings. The van der Waals surface area contributed by atoms with Gasteiger partial charge in [-0.15, -0.1) is 0 Å². The van der Waals surface area contributed by atoms with E-state index in [-0.39, 0.29) is 11.3 Å². The summed E-state index contributed by atoms with van der Waals surface area (Å²) in [5.74, 6) is 0.898. The summed E-state index contributed by atoms with van der Waals surface area (Å²) in [5.41, 5.74) is 0. The molecular formula is C11H16ClN7. The van der Waals surface area contributed by atoms with Crippen molar-refractivity contribution in [2.75, 3.05) is 26.0 Å². The third-order valence-electron chi connectivity index (χ3n) is 2.35. The van der Waals surface area contributed by atoms with E-state index in [0.29, 0.717) is 11.9 Å². The fourth-order valence-corrected chi connectivity index (χ4v) is 1.87. The minimum absolute atomic E-state index is 0.151. The second-order valence-electron chi connectivity index (χ2n) is 4.51. The lowest BCUT2D eigenvalue weighted by atomic mass is 10.3. The molecule has 0 radical (unpaired) electrons. The fraction of sp³-hybridized carbons (Fsp3) is 0.455. The molecule has 7 nitrogen and oxygen atoms in total. The van der Waals surface area contributed by atoms with Gasteiger partial charge in [-0.05, 0) is 32.6 Å². The highest BCUT2D eigenvalue weighted by Crippen LogP contribution is 2.10. The van der Waals surface area contributed by atoms with Crippen LogP contribution in [0, 0.1) is 0 Å². The number of nitrogens with one attached hydrogen (secondary N) is 1. The average Bonchev–Trinajstić information content (AvgIpc) is 2.79. The third-order valence-corrected chi connectivity index (χ3v) is 2.52. The molecule has 102 valence electrons. The maximum atomic E-state index is 5.91. The monoisotopic (exact) mass is 281 g/mol. The number of likely N-dealkylation sites (N-methyl/N-ethyl adjacent to an activating group) is 1. The zero-order valence-electron chi connectivity index (χ0n) is 11.1. The standard InChI is InChI=1S/C11H16ClN7/c1-8(6-18(2)3)14-10-15-9(12)16-11(17-10)19-5-4-13-7-19/h4-5,7-8H,6H2,1-3H3,(H,14,15,16,17). The van der Waals surface area contributed by atoms with Crippen molar-refractivity contribution in [3.63, 3.8) is 0 Å². The summed E-state index contributed by atoms with van der Waals surface area (Å²) in [6.45, 7) is 2.91. The van der Waals surface area contributed by atoms with Crippen molar-refractivity contribution in [1.82, 2.24) is 29.4 Å². The van der Waals surface area contributed by atoms with Crippen LogP contribution in [0.25, 0.3) is 5.95 Å². The van der Waals surface area contributed by atoms with Gasteiger partial charge in [0, 0.05) is 25.0 Å². The molecule has 0 spiro atoms. The highest BCUT2D eigenvalue weighted by molar-refractivity contribution is 6.28. The zero-order valence-corrected chi connectivity index (χ0v) is 11.8. The average molecular weight is 282 g/mol. The molecule has 0 aliphatic carbocycles. The zero-order chi connectivity index (χ0) is 13.8. The molecule has 0 amide bonds. The van der Waals surface area contributed by atoms with Gasteiger partial charge in [0.15, 0.2) is 0 Å². The number of hydrogen-bond donors (Lipinski definition) is 1. The van der Waals surface area contributed by atoms with Crippen LogP contribution in [-0.2, 0) is 0 Å². The Labute approximate surface area is 116 Å². The van der Waals surface area contributed by atoms with E-state index in [9.17, 15) is 0 Å². The minimum atomic E-state index is 0.151. The molecular weight excluding hydrogens is 266 g/mol. The summed E-state index contributed by atoms with van der Waals surface area (Å²) in [6.07, 6.45) is 5.01. The van der Waals surface area contributed by atoms with E-state index in [0.717, 1.165) is 6.54 Å². The molecule has 1 N–H and O–H groups in total. The molecule has 8 heteroatoms. The van der Waals surface area contributed by atoms with Crippen LogP contribution in [0.1, 0.15) is 6.92 Å². The van der Waals surface area contributed by atoms with Crippen molar-refractivity contribution >= 4 is 17.5 Å². The van der Waals surface area contributed by atoms with Gasteiger partial charge >= 0.3 is 0 Å². The Kier molecular flexibility index (Phi) is 4.28. The van der Waals surface area contributed by atoms with Crippen LogP contribution in [0.4, 0.5) is 5.95 Å². The summed E-state index contributed by atoms with van der Waals surface area (Å²) in [4.78, 5) is 18.5. The third kappa shape index (κ3) is 3.87. The molecule has 2 rings (SSSR count). The van der Waals surface area contributed by atoms with Crippen LogP contribution in [-0.4, -0.2) is 56.1 Å². The molecule has 0 aromatic carbocycles. The van der Waals surface area contributed by atoms with Crippen LogP contribution in [0.5, 0.6) is 0 Å². The second kappa shape index (κ2) is 5.94. The highest BCUT2D eigenvalue weighted by Gasteiger charge is 2.09. The predicted molar refractivity (Wildman–Crippen MR) is 73.6 cm³/mol. The predicted octanol–water partition coefficient (Wildman–Crippen LogP) is 1.07. The normalized spacial score (nSPS) is 12.7. The molecule has 19 heavy (non-hydrogen) atoms. The summed E-state index contributed by atoms with van der Waals surface area (Å²) >= 11 is 5.91. The maximum Gasteiger partial charge on any atom is 0.241 e. The van der Waals surface area contributed by atoms with Crippen molar-refractivity contribution in [3.8, 4) is 5.95 Å². The van der Waals surface area contributed by atoms with Gasteiger partial charge in [-0.3, -0.25) is 4.57 Å². The topological polar surface area (TPSA) is 71.8 Å². The Morgan fingerprint density at radius 2 is 2.16 bits per heavy atom. The number of aromatic nitrogens is 5. The van der Waals surface area contributed by atoms with Crippen LogP contribution in [0.2, 0.25) is 5.28 Å². The van der Waals surface area contributed by atoms with Gasteiger partial charge in [0.05, 0.1) is 0 Å². The van der Waals surface area contributed by atoms with Gasteiger partial charge in [-0.1, -0.05) is 0 Å². The van der Waals surface area contributed by atoms with Gasteiger partial charge in [0.25, 0.3) is 0 Å². The summed E-state index contributed by atoms with van der Waals surface area (Å²) in [7, 11) is 4.02. The van der Waals surface area contributed by atoms with Crippen molar-refractivity contribution in [1.29, 1.82) is 0 Å². The molecule has 0 aliphatic heterocycles. The molecule has 1 unspecified atom stereocenters. The van der Waals surface area contributed by atoms with Gasteiger partial charge in [0.2, 0.25) is 17.2 Å². The lowest BCUT2D eigenvalue weighted by molar-refractivity contribution is 0.391. The number of rotatable bonds is 5. The van der Waals surface area contributed by atoms with Crippen LogP contribution in [0.3, 0.4) is 0 Å². The first-order chi connectivity index (χ1) is 9.04. The number of halogens is 1. The number of anilines is 1. The maximum absolute atomic E-state index is 5.91. The molecule has 2 aromatic heterocycles. The van der Waals surface area contributed by atoms with E-state index < -0.39 is 0 Å². The number of nitrogens with zero attached hydrogens (tertiary/aromatic N) is 6. The van der Waals surface area contributed by atoms with Gasteiger partial charge in [0.1, 0.15) is 6.33 Å². The molecule has 0 bridgehead atoms. The highest BCUT2D eigenvalue weighted by atomic mass is 35.5. The molecule has 0 saturated carbocycles. The minimum Gasteiger partial charge on any atom is -0.350 e. The quantitative estimate of drug-likeness (QED) is 0.884.